The van der Waals surface area contributed by atoms with Crippen LogP contribution in [0.25, 0.3) is 10.9 Å². The quantitative estimate of drug-likeness (QED) is 0.451. The minimum Gasteiger partial charge on any atom is -0.489 e. The Bertz CT molecular complexity index is 1200. The molecule has 0 atom stereocenters. The Balaban J connectivity index is 1.43. The summed E-state index contributed by atoms with van der Waals surface area (Å²) in [6, 6.07) is 24.6. The molecule has 0 bridgehead atoms. The Kier molecular flexibility index (Phi) is 5.61. The third-order valence-corrected chi connectivity index (χ3v) is 4.82. The van der Waals surface area contributed by atoms with Crippen molar-refractivity contribution in [1.29, 1.82) is 0 Å². The maximum absolute atomic E-state index is 11.5. The highest BCUT2D eigenvalue weighted by Crippen LogP contribution is 2.23. The number of carboxylic acid groups (broad SMARTS) is 1. The van der Waals surface area contributed by atoms with E-state index in [1.165, 1.54) is 0 Å². The van der Waals surface area contributed by atoms with Gasteiger partial charge in [0.25, 0.3) is 0 Å². The number of carboxylic acids is 1. The minimum atomic E-state index is -0.952. The van der Waals surface area contributed by atoms with Crippen LogP contribution in [-0.2, 0) is 13.2 Å². The van der Waals surface area contributed by atoms with Crippen molar-refractivity contribution in [2.75, 3.05) is 0 Å². The number of rotatable bonds is 7. The third-order valence-electron chi connectivity index (χ3n) is 4.82. The van der Waals surface area contributed by atoms with E-state index in [1.807, 2.05) is 60.7 Å². The van der Waals surface area contributed by atoms with Crippen LogP contribution in [0.5, 0.6) is 11.5 Å². The van der Waals surface area contributed by atoms with Gasteiger partial charge in [0.2, 0.25) is 0 Å². The molecule has 0 aliphatic heterocycles. The Morgan fingerprint density at radius 2 is 1.60 bits per heavy atom. The van der Waals surface area contributed by atoms with Gasteiger partial charge in [0, 0.05) is 17.0 Å². The highest BCUT2D eigenvalue weighted by atomic mass is 16.5. The minimum absolute atomic E-state index is 0.166. The van der Waals surface area contributed by atoms with Gasteiger partial charge in [-0.2, -0.15) is 0 Å². The SMILES string of the molecule is Cc1cccc(COc2cccc(OCc3ccc4ccccc4n3)c2)c1C(=O)O. The highest BCUT2D eigenvalue weighted by Gasteiger charge is 2.13. The Morgan fingerprint density at radius 1 is 0.867 bits per heavy atom. The molecule has 30 heavy (non-hydrogen) atoms. The largest absolute Gasteiger partial charge is 0.489 e. The number of nitrogens with zero attached hydrogens (tertiary/aromatic N) is 1. The number of benzene rings is 3. The van der Waals surface area contributed by atoms with Crippen molar-refractivity contribution < 1.29 is 19.4 Å². The number of hydrogen-bond donors (Lipinski definition) is 1. The van der Waals surface area contributed by atoms with E-state index in [4.69, 9.17) is 9.47 Å². The first-order chi connectivity index (χ1) is 14.6. The van der Waals surface area contributed by atoms with Crippen molar-refractivity contribution in [3.63, 3.8) is 0 Å². The van der Waals surface area contributed by atoms with E-state index in [2.05, 4.69) is 4.98 Å². The topological polar surface area (TPSA) is 68.7 Å². The van der Waals surface area contributed by atoms with Gasteiger partial charge < -0.3 is 14.6 Å². The van der Waals surface area contributed by atoms with Crippen LogP contribution >= 0.6 is 0 Å². The second-order valence-electron chi connectivity index (χ2n) is 6.96. The van der Waals surface area contributed by atoms with Crippen molar-refractivity contribution in [1.82, 2.24) is 4.98 Å². The number of fused-ring (bicyclic) bond motifs is 1. The van der Waals surface area contributed by atoms with E-state index in [0.29, 0.717) is 29.2 Å². The van der Waals surface area contributed by atoms with Crippen molar-refractivity contribution in [2.24, 2.45) is 0 Å². The normalized spacial score (nSPS) is 10.7. The van der Waals surface area contributed by atoms with Crippen LogP contribution < -0.4 is 9.47 Å². The molecule has 0 fully saturated rings. The fraction of sp³-hybridized carbons (Fsp3) is 0.120. The maximum atomic E-state index is 11.5. The Morgan fingerprint density at radius 3 is 2.40 bits per heavy atom. The molecule has 4 aromatic rings. The fourth-order valence-corrected chi connectivity index (χ4v) is 3.32. The summed E-state index contributed by atoms with van der Waals surface area (Å²) in [6.45, 7) is 2.29. The number of carbonyl (C=O) groups is 1. The van der Waals surface area contributed by atoms with Gasteiger partial charge in [-0.1, -0.05) is 48.5 Å². The first kappa shape index (κ1) is 19.5. The predicted octanol–water partition coefficient (Wildman–Crippen LogP) is 5.40. The van der Waals surface area contributed by atoms with Crippen LogP contribution in [0.1, 0.15) is 27.2 Å². The molecule has 5 nitrogen and oxygen atoms in total. The van der Waals surface area contributed by atoms with E-state index < -0.39 is 5.97 Å². The van der Waals surface area contributed by atoms with Gasteiger partial charge in [-0.05, 0) is 36.8 Å². The molecule has 0 unspecified atom stereocenters. The summed E-state index contributed by atoms with van der Waals surface area (Å²) in [7, 11) is 0. The third kappa shape index (κ3) is 4.41. The lowest BCUT2D eigenvalue weighted by molar-refractivity contribution is 0.0693. The van der Waals surface area contributed by atoms with Crippen LogP contribution in [0.15, 0.2) is 78.9 Å². The zero-order chi connectivity index (χ0) is 20.9. The van der Waals surface area contributed by atoms with Crippen LogP contribution in [0.2, 0.25) is 0 Å². The highest BCUT2D eigenvalue weighted by molar-refractivity contribution is 5.91. The first-order valence-corrected chi connectivity index (χ1v) is 9.62. The fourth-order valence-electron chi connectivity index (χ4n) is 3.32. The number of pyridine rings is 1. The van der Waals surface area contributed by atoms with E-state index in [0.717, 1.165) is 16.6 Å². The summed E-state index contributed by atoms with van der Waals surface area (Å²) in [6.07, 6.45) is 0. The zero-order valence-corrected chi connectivity index (χ0v) is 16.5. The van der Waals surface area contributed by atoms with E-state index in [-0.39, 0.29) is 12.2 Å². The summed E-state index contributed by atoms with van der Waals surface area (Å²) < 4.78 is 11.7. The van der Waals surface area contributed by atoms with Gasteiger partial charge in [-0.15, -0.1) is 0 Å². The molecule has 3 aromatic carbocycles. The molecule has 4 rings (SSSR count). The van der Waals surface area contributed by atoms with Crippen LogP contribution in [-0.4, -0.2) is 16.1 Å². The number of aryl methyl sites for hydroxylation is 1. The Labute approximate surface area is 174 Å². The van der Waals surface area contributed by atoms with Gasteiger partial charge in [0.1, 0.15) is 24.7 Å². The number of aromatic nitrogens is 1. The van der Waals surface area contributed by atoms with E-state index in [9.17, 15) is 9.90 Å². The lowest BCUT2D eigenvalue weighted by Gasteiger charge is -2.12. The average Bonchev–Trinajstić information content (AvgIpc) is 2.76. The monoisotopic (exact) mass is 399 g/mol. The molecule has 1 N–H and O–H groups in total. The predicted molar refractivity (Wildman–Crippen MR) is 115 cm³/mol. The number of hydrogen-bond acceptors (Lipinski definition) is 4. The zero-order valence-electron chi connectivity index (χ0n) is 16.5. The van der Waals surface area contributed by atoms with Crippen molar-refractivity contribution in [3.8, 4) is 11.5 Å². The Hall–Kier alpha value is -3.86. The lowest BCUT2D eigenvalue weighted by atomic mass is 10.0. The van der Waals surface area contributed by atoms with Crippen molar-refractivity contribution in [2.45, 2.75) is 20.1 Å². The number of para-hydroxylation sites is 1. The van der Waals surface area contributed by atoms with Crippen LogP contribution in [0, 0.1) is 6.92 Å². The molecule has 0 saturated carbocycles. The lowest BCUT2D eigenvalue weighted by Crippen LogP contribution is -2.08. The molecule has 5 heteroatoms. The van der Waals surface area contributed by atoms with Gasteiger partial charge in [-0.25, -0.2) is 9.78 Å². The average molecular weight is 399 g/mol. The van der Waals surface area contributed by atoms with Gasteiger partial charge in [0.15, 0.2) is 0 Å². The summed E-state index contributed by atoms with van der Waals surface area (Å²) in [5.74, 6) is 0.314. The molecular formula is C25H21NO4. The van der Waals surface area contributed by atoms with Gasteiger partial charge in [0.05, 0.1) is 16.8 Å². The molecule has 1 heterocycles. The van der Waals surface area contributed by atoms with E-state index in [1.54, 1.807) is 25.1 Å². The second-order valence-corrected chi connectivity index (χ2v) is 6.96. The summed E-state index contributed by atoms with van der Waals surface area (Å²) in [5.41, 5.74) is 3.40. The summed E-state index contributed by atoms with van der Waals surface area (Å²) in [5, 5.41) is 10.5. The molecule has 150 valence electrons. The standard InChI is InChI=1S/C25H21NO4/c1-17-6-4-8-19(24(17)25(27)28)15-29-21-9-5-10-22(14-21)30-16-20-13-12-18-7-2-3-11-23(18)26-20/h2-14H,15-16H2,1H3,(H,27,28). The molecule has 0 aliphatic rings. The number of ether oxygens (including phenoxy) is 2. The number of aromatic carboxylic acids is 1. The first-order valence-electron chi connectivity index (χ1n) is 9.62. The molecule has 0 saturated heterocycles. The maximum Gasteiger partial charge on any atom is 0.336 e. The molecule has 0 spiro atoms. The van der Waals surface area contributed by atoms with E-state index >= 15 is 0 Å². The molecule has 0 amide bonds. The summed E-state index contributed by atoms with van der Waals surface area (Å²) >= 11 is 0. The molecule has 0 aliphatic carbocycles. The molecule has 0 radical (unpaired) electrons. The second kappa shape index (κ2) is 8.66. The summed E-state index contributed by atoms with van der Waals surface area (Å²) in [4.78, 5) is 16.1. The van der Waals surface area contributed by atoms with Crippen molar-refractivity contribution in [3.05, 3.63) is 101 Å². The smallest absolute Gasteiger partial charge is 0.336 e. The van der Waals surface area contributed by atoms with Crippen molar-refractivity contribution >= 4 is 16.9 Å². The molecule has 1 aromatic heterocycles. The van der Waals surface area contributed by atoms with Gasteiger partial charge in [-0.3, -0.25) is 0 Å². The molecular weight excluding hydrogens is 378 g/mol. The van der Waals surface area contributed by atoms with Crippen LogP contribution in [0.3, 0.4) is 0 Å². The van der Waals surface area contributed by atoms with Crippen LogP contribution in [0.4, 0.5) is 0 Å². The van der Waals surface area contributed by atoms with Gasteiger partial charge >= 0.3 is 5.97 Å².